The Balaban J connectivity index is 1.96. The van der Waals surface area contributed by atoms with Crippen LogP contribution in [0, 0.1) is 0 Å². The number of methoxy groups -OCH3 is 1. The van der Waals surface area contributed by atoms with Crippen LogP contribution in [-0.2, 0) is 12.0 Å². The lowest BCUT2D eigenvalue weighted by molar-refractivity contribution is 0.406. The van der Waals surface area contributed by atoms with Crippen LogP contribution < -0.4 is 16.2 Å². The minimum Gasteiger partial charge on any atom is -0.497 e. The van der Waals surface area contributed by atoms with Gasteiger partial charge in [-0.25, -0.2) is 0 Å². The van der Waals surface area contributed by atoms with Crippen LogP contribution in [0.1, 0.15) is 11.1 Å². The van der Waals surface area contributed by atoms with Crippen LogP contribution in [0.15, 0.2) is 53.5 Å². The maximum atomic E-state index is 6.67. The standard InChI is InChI=1S/C17H19N3O/c1-21-13-8-6-12(7-9-13)10-17(19)14-4-2-3-5-15(14)20-11-16(17)18/h2-9,11,16H,10,18-19H2,1H3. The van der Waals surface area contributed by atoms with Gasteiger partial charge in [0, 0.05) is 6.21 Å². The fourth-order valence-electron chi connectivity index (χ4n) is 2.75. The Bertz CT molecular complexity index is 666. The molecule has 0 fully saturated rings. The van der Waals surface area contributed by atoms with E-state index < -0.39 is 5.54 Å². The zero-order valence-electron chi connectivity index (χ0n) is 12.0. The summed E-state index contributed by atoms with van der Waals surface area (Å²) in [6.07, 6.45) is 2.40. The molecule has 4 nitrogen and oxygen atoms in total. The highest BCUT2D eigenvalue weighted by Gasteiger charge is 2.37. The van der Waals surface area contributed by atoms with Crippen molar-refractivity contribution in [1.29, 1.82) is 0 Å². The van der Waals surface area contributed by atoms with Gasteiger partial charge in [-0.05, 0) is 35.7 Å². The number of hydrogen-bond donors (Lipinski definition) is 2. The Morgan fingerprint density at radius 1 is 1.14 bits per heavy atom. The van der Waals surface area contributed by atoms with E-state index in [1.807, 2.05) is 48.5 Å². The molecular weight excluding hydrogens is 262 g/mol. The molecule has 2 unspecified atom stereocenters. The summed E-state index contributed by atoms with van der Waals surface area (Å²) in [7, 11) is 1.66. The quantitative estimate of drug-likeness (QED) is 0.905. The molecular formula is C17H19N3O. The summed E-state index contributed by atoms with van der Waals surface area (Å²) < 4.78 is 5.18. The van der Waals surface area contributed by atoms with E-state index in [0.717, 1.165) is 22.6 Å². The molecule has 0 spiro atoms. The number of rotatable bonds is 3. The SMILES string of the molecule is COc1ccc(CC2(N)c3ccccc3N=CC2N)cc1. The second kappa shape index (κ2) is 5.31. The number of benzene rings is 2. The smallest absolute Gasteiger partial charge is 0.118 e. The van der Waals surface area contributed by atoms with Gasteiger partial charge in [0.1, 0.15) is 5.75 Å². The van der Waals surface area contributed by atoms with Crippen molar-refractivity contribution in [1.82, 2.24) is 0 Å². The van der Waals surface area contributed by atoms with Crippen molar-refractivity contribution in [3.8, 4) is 5.75 Å². The highest BCUT2D eigenvalue weighted by molar-refractivity contribution is 5.77. The Labute approximate surface area is 124 Å². The van der Waals surface area contributed by atoms with Crippen molar-refractivity contribution in [2.24, 2.45) is 16.5 Å². The van der Waals surface area contributed by atoms with E-state index in [2.05, 4.69) is 4.99 Å². The molecule has 0 bridgehead atoms. The maximum absolute atomic E-state index is 6.67. The number of fused-ring (bicyclic) bond motifs is 1. The zero-order chi connectivity index (χ0) is 14.9. The van der Waals surface area contributed by atoms with Crippen LogP contribution in [0.25, 0.3) is 0 Å². The molecule has 2 aromatic rings. The molecule has 3 rings (SSSR count). The molecule has 108 valence electrons. The molecule has 21 heavy (non-hydrogen) atoms. The molecule has 0 radical (unpaired) electrons. The molecule has 2 atom stereocenters. The van der Waals surface area contributed by atoms with Crippen LogP contribution in [0.2, 0.25) is 0 Å². The third-order valence-electron chi connectivity index (χ3n) is 4.03. The van der Waals surface area contributed by atoms with Gasteiger partial charge in [-0.1, -0.05) is 30.3 Å². The van der Waals surface area contributed by atoms with Crippen molar-refractivity contribution in [2.45, 2.75) is 18.0 Å². The minimum atomic E-state index is -0.646. The van der Waals surface area contributed by atoms with Crippen LogP contribution in [0.5, 0.6) is 5.75 Å². The first-order valence-corrected chi connectivity index (χ1v) is 6.94. The molecule has 0 aromatic heterocycles. The van der Waals surface area contributed by atoms with Gasteiger partial charge in [-0.2, -0.15) is 0 Å². The van der Waals surface area contributed by atoms with Crippen molar-refractivity contribution >= 4 is 11.9 Å². The number of ether oxygens (including phenoxy) is 1. The first kappa shape index (κ1) is 13.8. The summed E-state index contributed by atoms with van der Waals surface area (Å²) in [6, 6.07) is 15.5. The normalized spacial score (nSPS) is 23.7. The van der Waals surface area contributed by atoms with Crippen molar-refractivity contribution in [2.75, 3.05) is 7.11 Å². The van der Waals surface area contributed by atoms with Crippen LogP contribution in [0.3, 0.4) is 0 Å². The van der Waals surface area contributed by atoms with Gasteiger partial charge in [0.15, 0.2) is 0 Å². The lowest BCUT2D eigenvalue weighted by atomic mass is 9.77. The molecule has 2 aromatic carbocycles. The van der Waals surface area contributed by atoms with Crippen LogP contribution in [-0.4, -0.2) is 19.4 Å². The number of para-hydroxylation sites is 1. The third kappa shape index (κ3) is 2.44. The Kier molecular flexibility index (Phi) is 3.49. The van der Waals surface area contributed by atoms with Crippen molar-refractivity contribution in [3.63, 3.8) is 0 Å². The monoisotopic (exact) mass is 281 g/mol. The molecule has 0 saturated heterocycles. The highest BCUT2D eigenvalue weighted by atomic mass is 16.5. The zero-order valence-corrected chi connectivity index (χ0v) is 12.0. The lowest BCUT2D eigenvalue weighted by Crippen LogP contribution is -2.56. The predicted octanol–water partition coefficient (Wildman–Crippen LogP) is 2.14. The van der Waals surface area contributed by atoms with Gasteiger partial charge >= 0.3 is 0 Å². The molecule has 4 heteroatoms. The average Bonchev–Trinajstić information content (AvgIpc) is 2.52. The molecule has 0 aliphatic carbocycles. The third-order valence-corrected chi connectivity index (χ3v) is 4.03. The Morgan fingerprint density at radius 2 is 1.86 bits per heavy atom. The highest BCUT2D eigenvalue weighted by Crippen LogP contribution is 2.36. The van der Waals surface area contributed by atoms with Crippen molar-refractivity contribution < 1.29 is 4.74 Å². The first-order valence-electron chi connectivity index (χ1n) is 6.94. The molecule has 4 N–H and O–H groups in total. The van der Waals surface area contributed by atoms with Gasteiger partial charge in [0.25, 0.3) is 0 Å². The second-order valence-corrected chi connectivity index (χ2v) is 5.39. The number of aliphatic imine (C=N–C) groups is 1. The van der Waals surface area contributed by atoms with Gasteiger partial charge in [-0.3, -0.25) is 4.99 Å². The molecule has 1 aliphatic rings. The largest absolute Gasteiger partial charge is 0.497 e. The fraction of sp³-hybridized carbons (Fsp3) is 0.235. The molecule has 0 amide bonds. The molecule has 1 heterocycles. The Morgan fingerprint density at radius 3 is 2.57 bits per heavy atom. The van der Waals surface area contributed by atoms with Crippen LogP contribution in [0.4, 0.5) is 5.69 Å². The maximum Gasteiger partial charge on any atom is 0.118 e. The van der Waals surface area contributed by atoms with E-state index >= 15 is 0 Å². The minimum absolute atomic E-state index is 0.311. The fourth-order valence-corrected chi connectivity index (χ4v) is 2.75. The van der Waals surface area contributed by atoms with E-state index in [4.69, 9.17) is 16.2 Å². The average molecular weight is 281 g/mol. The Hall–Kier alpha value is -2.17. The summed E-state index contributed by atoms with van der Waals surface area (Å²) >= 11 is 0. The second-order valence-electron chi connectivity index (χ2n) is 5.39. The summed E-state index contributed by atoms with van der Waals surface area (Å²) in [5.41, 5.74) is 15.3. The van der Waals surface area contributed by atoms with Gasteiger partial charge < -0.3 is 16.2 Å². The number of nitrogens with zero attached hydrogens (tertiary/aromatic N) is 1. The summed E-state index contributed by atoms with van der Waals surface area (Å²) in [6.45, 7) is 0. The summed E-state index contributed by atoms with van der Waals surface area (Å²) in [5, 5.41) is 0. The molecule has 1 aliphatic heterocycles. The predicted molar refractivity (Wildman–Crippen MR) is 85.1 cm³/mol. The van der Waals surface area contributed by atoms with Crippen LogP contribution >= 0.6 is 0 Å². The summed E-state index contributed by atoms with van der Waals surface area (Å²) in [5.74, 6) is 0.833. The van der Waals surface area contributed by atoms with E-state index in [9.17, 15) is 0 Å². The van der Waals surface area contributed by atoms with Gasteiger partial charge in [0.05, 0.1) is 24.4 Å². The van der Waals surface area contributed by atoms with Gasteiger partial charge in [-0.15, -0.1) is 0 Å². The first-order chi connectivity index (χ1) is 10.1. The van der Waals surface area contributed by atoms with E-state index in [0.29, 0.717) is 6.42 Å². The summed E-state index contributed by atoms with van der Waals surface area (Å²) in [4.78, 5) is 4.39. The van der Waals surface area contributed by atoms with E-state index in [1.165, 1.54) is 0 Å². The van der Waals surface area contributed by atoms with E-state index in [1.54, 1.807) is 13.3 Å². The van der Waals surface area contributed by atoms with Crippen molar-refractivity contribution in [3.05, 3.63) is 59.7 Å². The van der Waals surface area contributed by atoms with E-state index in [-0.39, 0.29) is 6.04 Å². The topological polar surface area (TPSA) is 73.6 Å². The number of hydrogen-bond acceptors (Lipinski definition) is 4. The number of nitrogens with two attached hydrogens (primary N) is 2. The van der Waals surface area contributed by atoms with Gasteiger partial charge in [0.2, 0.25) is 0 Å². The lowest BCUT2D eigenvalue weighted by Gasteiger charge is -2.37. The molecule has 0 saturated carbocycles.